The van der Waals surface area contributed by atoms with Gasteiger partial charge < -0.3 is 0 Å². The topological polar surface area (TPSA) is 12.0 Å². The molecule has 1 N–H and O–H groups in total. The van der Waals surface area contributed by atoms with Gasteiger partial charge in [-0.3, -0.25) is 0 Å². The number of hydrogen-bond donors (Lipinski definition) is 1. The van der Waals surface area contributed by atoms with Crippen molar-refractivity contribution < 1.29 is 0 Å². The molecule has 1 nitrogen and oxygen atoms in total. The summed E-state index contributed by atoms with van der Waals surface area (Å²) in [5, 5.41) is 0. The molecule has 2 heteroatoms. The van der Waals surface area contributed by atoms with Crippen LogP contribution in [0.2, 0.25) is 0 Å². The molecule has 1 saturated heterocycles. The third-order valence-corrected chi connectivity index (χ3v) is 3.85. The van der Waals surface area contributed by atoms with Crippen molar-refractivity contribution in [1.29, 1.82) is 0 Å². The summed E-state index contributed by atoms with van der Waals surface area (Å²) in [4.78, 5) is 0. The Bertz CT molecular complexity index is 91.1. The molecule has 0 aromatic rings. The Hall–Kier alpha value is 0.430. The van der Waals surface area contributed by atoms with Crippen LogP contribution in [0.4, 0.5) is 0 Å². The first kappa shape index (κ1) is 7.54. The first-order valence-corrected chi connectivity index (χ1v) is 5.80. The van der Waals surface area contributed by atoms with Crippen LogP contribution in [0.25, 0.3) is 0 Å². The Morgan fingerprint density at radius 3 is 3.11 bits per heavy atom. The third kappa shape index (κ3) is 3.20. The maximum atomic E-state index is 4.01. The van der Waals surface area contributed by atoms with Crippen LogP contribution < -0.4 is 3.53 Å². The summed E-state index contributed by atoms with van der Waals surface area (Å²) in [7, 11) is 0. The number of nitrogens with one attached hydrogen (secondary N) is 1. The van der Waals surface area contributed by atoms with E-state index in [1.54, 1.807) is 0 Å². The van der Waals surface area contributed by atoms with E-state index in [-0.39, 0.29) is 21.5 Å². The van der Waals surface area contributed by atoms with E-state index < -0.39 is 0 Å². The van der Waals surface area contributed by atoms with E-state index >= 15 is 0 Å². The second-order valence-corrected chi connectivity index (χ2v) is 5.40. The van der Waals surface area contributed by atoms with Gasteiger partial charge in [0.05, 0.1) is 0 Å². The number of hydrogen-bond acceptors (Lipinski definition) is 1. The minimum atomic E-state index is 0.00253. The van der Waals surface area contributed by atoms with E-state index in [2.05, 4.69) is 10.1 Å². The van der Waals surface area contributed by atoms with E-state index in [0.717, 1.165) is 0 Å². The molecule has 1 heterocycles. The van der Waals surface area contributed by atoms with Crippen LogP contribution >= 0.6 is 21.5 Å². The molecule has 0 bridgehead atoms. The van der Waals surface area contributed by atoms with Crippen LogP contribution in [0, 0.1) is 0 Å². The molecule has 54 valence electrons. The normalized spacial score (nSPS) is 23.8. The molecule has 1 aliphatic rings. The molecular weight excluding hydrogens is 225 g/mol. The van der Waals surface area contributed by atoms with Gasteiger partial charge in [0.2, 0.25) is 0 Å². The second kappa shape index (κ2) is 4.28. The zero-order valence-corrected chi connectivity index (χ0v) is 7.98. The van der Waals surface area contributed by atoms with Gasteiger partial charge in [-0.05, 0) is 0 Å². The molecule has 0 atom stereocenters. The molecule has 0 amide bonds. The third-order valence-electron chi connectivity index (χ3n) is 1.45. The Labute approximate surface area is 67.5 Å². The summed E-state index contributed by atoms with van der Waals surface area (Å²) in [5.74, 6) is 0. The summed E-state index contributed by atoms with van der Waals surface area (Å²) in [6, 6.07) is 0. The predicted molar refractivity (Wildman–Crippen MR) is 51.0 cm³/mol. The van der Waals surface area contributed by atoms with Gasteiger partial charge in [0.1, 0.15) is 0 Å². The van der Waals surface area contributed by atoms with Crippen molar-refractivity contribution >= 4 is 21.5 Å². The van der Waals surface area contributed by atoms with Crippen molar-refractivity contribution in [1.82, 2.24) is 3.53 Å². The van der Waals surface area contributed by atoms with Crippen molar-refractivity contribution in [3.05, 3.63) is 10.2 Å². The van der Waals surface area contributed by atoms with Gasteiger partial charge in [0.25, 0.3) is 0 Å². The SMILES string of the molecule is C=C1CCCCCN[IH]1. The van der Waals surface area contributed by atoms with Crippen molar-refractivity contribution in [3.8, 4) is 0 Å². The minimum absolute atomic E-state index is 0.00253. The Kier molecular flexibility index (Phi) is 3.58. The van der Waals surface area contributed by atoms with E-state index in [1.807, 2.05) is 0 Å². The zero-order valence-electron chi connectivity index (χ0n) is 5.65. The van der Waals surface area contributed by atoms with Gasteiger partial charge >= 0.3 is 67.4 Å². The number of rotatable bonds is 0. The summed E-state index contributed by atoms with van der Waals surface area (Å²) >= 11 is 0.00253. The van der Waals surface area contributed by atoms with Crippen LogP contribution in [0.3, 0.4) is 0 Å². The number of allylic oxidation sites excluding steroid dienone is 1. The van der Waals surface area contributed by atoms with E-state index in [1.165, 1.54) is 35.8 Å². The predicted octanol–water partition coefficient (Wildman–Crippen LogP) is 2.28. The summed E-state index contributed by atoms with van der Waals surface area (Å²) < 4.78 is 4.97. The molecule has 1 aliphatic heterocycles. The molecule has 1 fully saturated rings. The fourth-order valence-corrected chi connectivity index (χ4v) is 2.89. The van der Waals surface area contributed by atoms with Crippen LogP contribution in [0.1, 0.15) is 25.7 Å². The Morgan fingerprint density at radius 1 is 1.33 bits per heavy atom. The van der Waals surface area contributed by atoms with Crippen LogP contribution in [0.15, 0.2) is 10.2 Å². The van der Waals surface area contributed by atoms with E-state index in [9.17, 15) is 0 Å². The molecule has 0 unspecified atom stereocenters. The fourth-order valence-electron chi connectivity index (χ4n) is 0.900. The Balaban J connectivity index is 2.20. The summed E-state index contributed by atoms with van der Waals surface area (Å²) in [6.07, 6.45) is 5.43. The maximum absolute atomic E-state index is 4.01. The molecular formula is C7H14IN. The molecule has 0 saturated carbocycles. The van der Waals surface area contributed by atoms with E-state index in [0.29, 0.717) is 0 Å². The van der Waals surface area contributed by atoms with Crippen molar-refractivity contribution in [2.45, 2.75) is 25.7 Å². The molecule has 1 rings (SSSR count). The molecule has 0 spiro atoms. The molecule has 0 aromatic heterocycles. The van der Waals surface area contributed by atoms with Gasteiger partial charge in [-0.1, -0.05) is 0 Å². The molecule has 9 heavy (non-hydrogen) atoms. The van der Waals surface area contributed by atoms with Crippen LogP contribution in [-0.4, -0.2) is 6.54 Å². The van der Waals surface area contributed by atoms with Crippen LogP contribution in [-0.2, 0) is 0 Å². The van der Waals surface area contributed by atoms with Gasteiger partial charge in [0.15, 0.2) is 0 Å². The van der Waals surface area contributed by atoms with Gasteiger partial charge in [-0.15, -0.1) is 0 Å². The molecule has 0 radical (unpaired) electrons. The first-order chi connectivity index (χ1) is 4.39. The van der Waals surface area contributed by atoms with Gasteiger partial charge in [-0.2, -0.15) is 0 Å². The quantitative estimate of drug-likeness (QED) is 0.505. The average molecular weight is 239 g/mol. The van der Waals surface area contributed by atoms with Gasteiger partial charge in [0, 0.05) is 0 Å². The standard InChI is InChI=1S/C7H14IN/c1-7-5-3-2-4-6-9-8-7/h8-9H,1-6H2. The van der Waals surface area contributed by atoms with E-state index in [4.69, 9.17) is 0 Å². The van der Waals surface area contributed by atoms with Crippen LogP contribution in [0.5, 0.6) is 0 Å². The van der Waals surface area contributed by atoms with Crippen molar-refractivity contribution in [3.63, 3.8) is 0 Å². The fraction of sp³-hybridized carbons (Fsp3) is 0.714. The first-order valence-electron chi connectivity index (χ1n) is 3.47. The average Bonchev–Trinajstić information content (AvgIpc) is 1.79. The Morgan fingerprint density at radius 2 is 2.22 bits per heavy atom. The molecule has 0 aliphatic carbocycles. The molecule has 0 aromatic carbocycles. The second-order valence-electron chi connectivity index (χ2n) is 2.35. The zero-order chi connectivity index (χ0) is 6.53. The van der Waals surface area contributed by atoms with Gasteiger partial charge in [-0.25, -0.2) is 0 Å². The van der Waals surface area contributed by atoms with Crippen molar-refractivity contribution in [2.24, 2.45) is 0 Å². The monoisotopic (exact) mass is 239 g/mol. The number of halogens is 1. The summed E-state index contributed by atoms with van der Waals surface area (Å²) in [6.45, 7) is 5.25. The van der Waals surface area contributed by atoms with Crippen molar-refractivity contribution in [2.75, 3.05) is 6.54 Å². The summed E-state index contributed by atoms with van der Waals surface area (Å²) in [5.41, 5.74) is 0.